The Morgan fingerprint density at radius 3 is 2.14 bits per heavy atom. The lowest BCUT2D eigenvalue weighted by atomic mass is 10.00. The standard InChI is InChI=1S/C25H28O4/c1-16(2)5-9-19-15-18(7-12-22(19)26)8-13-23(27)21-11-14-24(28)20(25(21)29)10-6-17(3)4/h5-8,11-15,26,28-29H,9-10H2,1-4H3. The molecule has 152 valence electrons. The molecular weight excluding hydrogens is 364 g/mol. The average Bonchev–Trinajstić information content (AvgIpc) is 2.65. The van der Waals surface area contributed by atoms with Crippen LogP contribution in [0.25, 0.3) is 6.08 Å². The van der Waals surface area contributed by atoms with Crippen molar-refractivity contribution in [3.8, 4) is 17.2 Å². The van der Waals surface area contributed by atoms with Crippen molar-refractivity contribution in [2.75, 3.05) is 0 Å². The summed E-state index contributed by atoms with van der Waals surface area (Å²) in [5, 5.41) is 30.5. The SMILES string of the molecule is CC(C)=CCc1cc(C=CC(=O)c2ccc(O)c(CC=C(C)C)c2O)ccc1O. The predicted molar refractivity (Wildman–Crippen MR) is 118 cm³/mol. The van der Waals surface area contributed by atoms with Crippen LogP contribution < -0.4 is 0 Å². The van der Waals surface area contributed by atoms with Crippen LogP contribution in [0.2, 0.25) is 0 Å². The van der Waals surface area contributed by atoms with Gasteiger partial charge in [-0.1, -0.05) is 35.4 Å². The number of rotatable bonds is 7. The summed E-state index contributed by atoms with van der Waals surface area (Å²) in [7, 11) is 0. The number of allylic oxidation sites excluding steroid dienone is 5. The van der Waals surface area contributed by atoms with Gasteiger partial charge in [-0.05, 0) is 82.0 Å². The Bertz CT molecular complexity index is 986. The van der Waals surface area contributed by atoms with Crippen molar-refractivity contribution in [3.63, 3.8) is 0 Å². The van der Waals surface area contributed by atoms with E-state index in [4.69, 9.17) is 0 Å². The molecule has 0 atom stereocenters. The molecule has 29 heavy (non-hydrogen) atoms. The van der Waals surface area contributed by atoms with E-state index in [1.54, 1.807) is 18.2 Å². The maximum Gasteiger partial charge on any atom is 0.189 e. The molecule has 4 nitrogen and oxygen atoms in total. The number of ketones is 1. The molecule has 0 aliphatic rings. The van der Waals surface area contributed by atoms with Gasteiger partial charge in [0.25, 0.3) is 0 Å². The van der Waals surface area contributed by atoms with Gasteiger partial charge in [-0.25, -0.2) is 0 Å². The Hall–Kier alpha value is -3.27. The number of carbonyl (C=O) groups is 1. The number of aromatic hydroxyl groups is 3. The number of hydrogen-bond acceptors (Lipinski definition) is 4. The summed E-state index contributed by atoms with van der Waals surface area (Å²) in [6.07, 6.45) is 7.88. The highest BCUT2D eigenvalue weighted by Crippen LogP contribution is 2.32. The lowest BCUT2D eigenvalue weighted by Gasteiger charge is -2.09. The molecule has 0 heterocycles. The Balaban J connectivity index is 2.27. The number of phenols is 3. The molecule has 0 saturated heterocycles. The van der Waals surface area contributed by atoms with Gasteiger partial charge in [0.05, 0.1) is 5.56 Å². The quantitative estimate of drug-likeness (QED) is 0.320. The molecule has 0 aromatic heterocycles. The average molecular weight is 392 g/mol. The van der Waals surface area contributed by atoms with Crippen molar-refractivity contribution >= 4 is 11.9 Å². The molecule has 0 saturated carbocycles. The van der Waals surface area contributed by atoms with Crippen molar-refractivity contribution in [1.82, 2.24) is 0 Å². The summed E-state index contributed by atoms with van der Waals surface area (Å²) in [6, 6.07) is 8.00. The zero-order valence-corrected chi connectivity index (χ0v) is 17.4. The molecule has 2 aromatic rings. The van der Waals surface area contributed by atoms with Crippen LogP contribution in [0, 0.1) is 0 Å². The first kappa shape index (κ1) is 22.0. The second-order valence-corrected chi connectivity index (χ2v) is 7.52. The molecular formula is C25H28O4. The van der Waals surface area contributed by atoms with Crippen LogP contribution in [0.15, 0.2) is 59.7 Å². The van der Waals surface area contributed by atoms with Crippen LogP contribution in [0.1, 0.15) is 54.7 Å². The monoisotopic (exact) mass is 392 g/mol. The second kappa shape index (κ2) is 9.78. The fraction of sp³-hybridized carbons (Fsp3) is 0.240. The van der Waals surface area contributed by atoms with Crippen LogP contribution >= 0.6 is 0 Å². The fourth-order valence-corrected chi connectivity index (χ4v) is 2.78. The molecule has 0 bridgehead atoms. The summed E-state index contributed by atoms with van der Waals surface area (Å²) in [6.45, 7) is 7.84. The fourth-order valence-electron chi connectivity index (χ4n) is 2.78. The minimum atomic E-state index is -0.361. The van der Waals surface area contributed by atoms with Gasteiger partial charge < -0.3 is 15.3 Å². The molecule has 0 spiro atoms. The van der Waals surface area contributed by atoms with Crippen LogP contribution in [-0.4, -0.2) is 21.1 Å². The lowest BCUT2D eigenvalue weighted by Crippen LogP contribution is -1.98. The van der Waals surface area contributed by atoms with E-state index in [0.29, 0.717) is 18.4 Å². The van der Waals surface area contributed by atoms with E-state index in [-0.39, 0.29) is 28.6 Å². The summed E-state index contributed by atoms with van der Waals surface area (Å²) in [4.78, 5) is 12.6. The normalized spacial score (nSPS) is 10.8. The molecule has 0 unspecified atom stereocenters. The summed E-state index contributed by atoms with van der Waals surface area (Å²) < 4.78 is 0. The first-order chi connectivity index (χ1) is 13.7. The zero-order valence-electron chi connectivity index (χ0n) is 17.4. The van der Waals surface area contributed by atoms with Crippen LogP contribution in [0.4, 0.5) is 0 Å². The van der Waals surface area contributed by atoms with E-state index in [2.05, 4.69) is 0 Å². The summed E-state index contributed by atoms with van der Waals surface area (Å²) >= 11 is 0. The Morgan fingerprint density at radius 1 is 0.862 bits per heavy atom. The second-order valence-electron chi connectivity index (χ2n) is 7.52. The Labute approximate surface area is 172 Å². The predicted octanol–water partition coefficient (Wildman–Crippen LogP) is 5.72. The molecule has 0 aliphatic carbocycles. The van der Waals surface area contributed by atoms with Gasteiger partial charge in [-0.15, -0.1) is 0 Å². The highest BCUT2D eigenvalue weighted by atomic mass is 16.3. The smallest absolute Gasteiger partial charge is 0.189 e. The minimum Gasteiger partial charge on any atom is -0.508 e. The van der Waals surface area contributed by atoms with E-state index in [0.717, 1.165) is 22.3 Å². The van der Waals surface area contributed by atoms with Gasteiger partial charge in [0.2, 0.25) is 0 Å². The summed E-state index contributed by atoms with van der Waals surface area (Å²) in [5.41, 5.74) is 4.23. The first-order valence-corrected chi connectivity index (χ1v) is 9.54. The Morgan fingerprint density at radius 2 is 1.48 bits per heavy atom. The van der Waals surface area contributed by atoms with E-state index < -0.39 is 0 Å². The molecule has 2 rings (SSSR count). The highest BCUT2D eigenvalue weighted by molar-refractivity contribution is 6.09. The van der Waals surface area contributed by atoms with Crippen molar-refractivity contribution in [1.29, 1.82) is 0 Å². The Kier molecular flexibility index (Phi) is 7.43. The van der Waals surface area contributed by atoms with E-state index in [9.17, 15) is 20.1 Å². The van der Waals surface area contributed by atoms with Gasteiger partial charge in [0.1, 0.15) is 17.2 Å². The number of phenolic OH excluding ortho intramolecular Hbond substituents is 3. The zero-order chi connectivity index (χ0) is 21.6. The van der Waals surface area contributed by atoms with E-state index in [1.807, 2.05) is 45.9 Å². The highest BCUT2D eigenvalue weighted by Gasteiger charge is 2.15. The van der Waals surface area contributed by atoms with Crippen molar-refractivity contribution in [2.45, 2.75) is 40.5 Å². The molecule has 4 heteroatoms. The number of hydrogen-bond donors (Lipinski definition) is 3. The van der Waals surface area contributed by atoms with Gasteiger partial charge >= 0.3 is 0 Å². The van der Waals surface area contributed by atoms with Gasteiger partial charge in [-0.2, -0.15) is 0 Å². The maximum absolute atomic E-state index is 12.6. The third-order valence-electron chi connectivity index (χ3n) is 4.50. The molecule has 2 aromatic carbocycles. The van der Waals surface area contributed by atoms with Gasteiger partial charge in [0.15, 0.2) is 5.78 Å². The molecule has 0 radical (unpaired) electrons. The maximum atomic E-state index is 12.6. The van der Waals surface area contributed by atoms with Gasteiger partial charge in [-0.3, -0.25) is 4.79 Å². The third kappa shape index (κ3) is 6.11. The van der Waals surface area contributed by atoms with Crippen molar-refractivity contribution in [3.05, 3.63) is 82.0 Å². The van der Waals surface area contributed by atoms with Crippen LogP contribution in [0.3, 0.4) is 0 Å². The van der Waals surface area contributed by atoms with Crippen LogP contribution in [0.5, 0.6) is 17.2 Å². The largest absolute Gasteiger partial charge is 0.508 e. The molecule has 0 aliphatic heterocycles. The topological polar surface area (TPSA) is 77.8 Å². The number of benzene rings is 2. The van der Waals surface area contributed by atoms with Crippen LogP contribution in [-0.2, 0) is 12.8 Å². The lowest BCUT2D eigenvalue weighted by molar-refractivity contribution is 0.104. The summed E-state index contributed by atoms with van der Waals surface area (Å²) in [5.74, 6) is -0.388. The van der Waals surface area contributed by atoms with Gasteiger partial charge in [0, 0.05) is 5.56 Å². The molecule has 0 fully saturated rings. The number of carbonyl (C=O) groups excluding carboxylic acids is 1. The van der Waals surface area contributed by atoms with E-state index in [1.165, 1.54) is 18.2 Å². The van der Waals surface area contributed by atoms with E-state index >= 15 is 0 Å². The molecule has 0 amide bonds. The van der Waals surface area contributed by atoms with Crippen molar-refractivity contribution < 1.29 is 20.1 Å². The third-order valence-corrected chi connectivity index (χ3v) is 4.50. The minimum absolute atomic E-state index is 0.0389. The first-order valence-electron chi connectivity index (χ1n) is 9.54. The molecule has 3 N–H and O–H groups in total. The van der Waals surface area contributed by atoms with Crippen molar-refractivity contribution in [2.24, 2.45) is 0 Å².